The van der Waals surface area contributed by atoms with Gasteiger partial charge in [0.15, 0.2) is 5.16 Å². The van der Waals surface area contributed by atoms with Crippen molar-refractivity contribution in [1.29, 1.82) is 0 Å². The number of nitrogens with zero attached hydrogens (tertiary/aromatic N) is 1. The molecule has 0 fully saturated rings. The molecule has 0 aromatic carbocycles. The summed E-state index contributed by atoms with van der Waals surface area (Å²) in [6, 6.07) is 1.55. The Hall–Kier alpha value is -0.810. The Labute approximate surface area is 93.7 Å². The summed E-state index contributed by atoms with van der Waals surface area (Å²) in [5, 5.41) is 0.651. The smallest absolute Gasteiger partial charge is 0.251 e. The second-order valence-electron chi connectivity index (χ2n) is 4.32. The highest BCUT2D eigenvalue weighted by atomic mass is 32.2. The van der Waals surface area contributed by atoms with Crippen LogP contribution in [-0.4, -0.2) is 22.3 Å². The van der Waals surface area contributed by atoms with Gasteiger partial charge in [-0.25, -0.2) is 4.98 Å². The lowest BCUT2D eigenvalue weighted by Gasteiger charge is -2.17. The van der Waals surface area contributed by atoms with Crippen molar-refractivity contribution in [3.63, 3.8) is 0 Å². The van der Waals surface area contributed by atoms with Crippen LogP contribution in [0.15, 0.2) is 16.0 Å². The maximum atomic E-state index is 11.4. The first-order valence-electron chi connectivity index (χ1n) is 4.88. The van der Waals surface area contributed by atoms with Gasteiger partial charge in [0.1, 0.15) is 0 Å². The summed E-state index contributed by atoms with van der Waals surface area (Å²) in [6.45, 7) is 6.68. The molecule has 1 aromatic heterocycles. The zero-order valence-corrected chi connectivity index (χ0v) is 10.1. The van der Waals surface area contributed by atoms with Gasteiger partial charge in [-0.1, -0.05) is 32.5 Å². The SMILES string of the molecule is CC(C)(C)c1cc(=O)[nH]c(SCCN)n1. The van der Waals surface area contributed by atoms with Gasteiger partial charge in [-0.15, -0.1) is 0 Å². The van der Waals surface area contributed by atoms with Crippen LogP contribution < -0.4 is 11.3 Å². The highest BCUT2D eigenvalue weighted by Crippen LogP contribution is 2.20. The largest absolute Gasteiger partial charge is 0.330 e. The number of thioether (sulfide) groups is 1. The number of aromatic nitrogens is 2. The van der Waals surface area contributed by atoms with E-state index >= 15 is 0 Å². The van der Waals surface area contributed by atoms with Crippen LogP contribution in [0.5, 0.6) is 0 Å². The molecule has 4 nitrogen and oxygen atoms in total. The zero-order chi connectivity index (χ0) is 11.5. The van der Waals surface area contributed by atoms with Crippen molar-refractivity contribution in [3.8, 4) is 0 Å². The number of nitrogens with one attached hydrogen (secondary N) is 1. The molecule has 84 valence electrons. The van der Waals surface area contributed by atoms with E-state index in [-0.39, 0.29) is 11.0 Å². The molecule has 0 aliphatic carbocycles. The average Bonchev–Trinajstić information content (AvgIpc) is 2.12. The molecule has 5 heteroatoms. The van der Waals surface area contributed by atoms with Crippen molar-refractivity contribution in [3.05, 3.63) is 22.1 Å². The van der Waals surface area contributed by atoms with Crippen LogP contribution in [0.4, 0.5) is 0 Å². The van der Waals surface area contributed by atoms with Crippen LogP contribution in [0.2, 0.25) is 0 Å². The third kappa shape index (κ3) is 3.68. The molecule has 0 radical (unpaired) electrons. The number of hydrogen-bond donors (Lipinski definition) is 2. The fourth-order valence-electron chi connectivity index (χ4n) is 1.04. The minimum atomic E-state index is -0.105. The zero-order valence-electron chi connectivity index (χ0n) is 9.33. The maximum Gasteiger partial charge on any atom is 0.251 e. The Morgan fingerprint density at radius 2 is 2.20 bits per heavy atom. The van der Waals surface area contributed by atoms with Gasteiger partial charge in [-0.3, -0.25) is 4.79 Å². The minimum absolute atomic E-state index is 0.102. The van der Waals surface area contributed by atoms with Crippen LogP contribution in [-0.2, 0) is 5.41 Å². The molecule has 0 bridgehead atoms. The van der Waals surface area contributed by atoms with Crippen LogP contribution in [0, 0.1) is 0 Å². The van der Waals surface area contributed by atoms with E-state index in [2.05, 4.69) is 9.97 Å². The first-order valence-corrected chi connectivity index (χ1v) is 5.87. The van der Waals surface area contributed by atoms with Crippen LogP contribution in [0.3, 0.4) is 0 Å². The van der Waals surface area contributed by atoms with E-state index in [1.165, 1.54) is 11.8 Å². The molecule has 1 heterocycles. The van der Waals surface area contributed by atoms with Crippen LogP contribution >= 0.6 is 11.8 Å². The highest BCUT2D eigenvalue weighted by Gasteiger charge is 2.16. The minimum Gasteiger partial charge on any atom is -0.330 e. The highest BCUT2D eigenvalue weighted by molar-refractivity contribution is 7.99. The van der Waals surface area contributed by atoms with Gasteiger partial charge in [0.25, 0.3) is 5.56 Å². The van der Waals surface area contributed by atoms with Crippen molar-refractivity contribution in [2.24, 2.45) is 5.73 Å². The first kappa shape index (κ1) is 12.3. The monoisotopic (exact) mass is 227 g/mol. The Bertz CT molecular complexity index is 381. The summed E-state index contributed by atoms with van der Waals surface area (Å²) in [5.74, 6) is 0.760. The van der Waals surface area contributed by atoms with E-state index in [0.29, 0.717) is 11.7 Å². The van der Waals surface area contributed by atoms with Gasteiger partial charge < -0.3 is 10.7 Å². The summed E-state index contributed by atoms with van der Waals surface area (Å²) in [6.07, 6.45) is 0. The summed E-state index contributed by atoms with van der Waals surface area (Å²) >= 11 is 1.47. The summed E-state index contributed by atoms with van der Waals surface area (Å²) in [4.78, 5) is 18.5. The number of nitrogens with two attached hydrogens (primary N) is 1. The Balaban J connectivity index is 3.01. The molecule has 0 saturated carbocycles. The summed E-state index contributed by atoms with van der Waals surface area (Å²) in [5.41, 5.74) is 6.00. The maximum absolute atomic E-state index is 11.4. The predicted octanol–water partition coefficient (Wildman–Crippen LogP) is 1.12. The van der Waals surface area contributed by atoms with E-state index in [4.69, 9.17) is 5.73 Å². The molecule has 0 aliphatic heterocycles. The second-order valence-corrected chi connectivity index (χ2v) is 5.41. The molecule has 1 rings (SSSR count). The summed E-state index contributed by atoms with van der Waals surface area (Å²) in [7, 11) is 0. The number of H-pyrrole nitrogens is 1. The van der Waals surface area contributed by atoms with Crippen LogP contribution in [0.25, 0.3) is 0 Å². The normalized spacial score (nSPS) is 11.7. The van der Waals surface area contributed by atoms with Gasteiger partial charge in [-0.2, -0.15) is 0 Å². The molecule has 15 heavy (non-hydrogen) atoms. The summed E-state index contributed by atoms with van der Waals surface area (Å²) < 4.78 is 0. The fourth-order valence-corrected chi connectivity index (χ4v) is 1.69. The Kier molecular flexibility index (Phi) is 3.93. The molecule has 1 aromatic rings. The molecule has 3 N–H and O–H groups in total. The van der Waals surface area contributed by atoms with E-state index in [9.17, 15) is 4.79 Å². The van der Waals surface area contributed by atoms with Crippen LogP contribution in [0.1, 0.15) is 26.5 Å². The van der Waals surface area contributed by atoms with Gasteiger partial charge >= 0.3 is 0 Å². The predicted molar refractivity (Wildman–Crippen MR) is 63.3 cm³/mol. The second kappa shape index (κ2) is 4.81. The van der Waals surface area contributed by atoms with Gasteiger partial charge in [0.2, 0.25) is 0 Å². The third-order valence-corrected chi connectivity index (χ3v) is 2.75. The molecule has 0 spiro atoms. The van der Waals surface area contributed by atoms with E-state index in [1.54, 1.807) is 6.07 Å². The van der Waals surface area contributed by atoms with Crippen molar-refractivity contribution in [2.45, 2.75) is 31.3 Å². The molecule has 0 atom stereocenters. The number of aromatic amines is 1. The lowest BCUT2D eigenvalue weighted by atomic mass is 9.92. The molecular weight excluding hydrogens is 210 g/mol. The molecule has 0 saturated heterocycles. The Morgan fingerprint density at radius 1 is 1.53 bits per heavy atom. The van der Waals surface area contributed by atoms with Gasteiger partial charge in [0, 0.05) is 23.8 Å². The van der Waals surface area contributed by atoms with Crippen molar-refractivity contribution in [1.82, 2.24) is 9.97 Å². The van der Waals surface area contributed by atoms with Crippen molar-refractivity contribution in [2.75, 3.05) is 12.3 Å². The van der Waals surface area contributed by atoms with E-state index in [1.807, 2.05) is 20.8 Å². The Morgan fingerprint density at radius 3 is 2.73 bits per heavy atom. The van der Waals surface area contributed by atoms with Gasteiger partial charge in [-0.05, 0) is 0 Å². The van der Waals surface area contributed by atoms with Crippen molar-refractivity contribution < 1.29 is 0 Å². The molecule has 0 aliphatic rings. The average molecular weight is 227 g/mol. The topological polar surface area (TPSA) is 71.8 Å². The van der Waals surface area contributed by atoms with E-state index in [0.717, 1.165) is 11.4 Å². The third-order valence-electron chi connectivity index (χ3n) is 1.84. The molecule has 0 amide bonds. The molecule has 0 unspecified atom stereocenters. The fraction of sp³-hybridized carbons (Fsp3) is 0.600. The quantitative estimate of drug-likeness (QED) is 0.599. The van der Waals surface area contributed by atoms with E-state index < -0.39 is 0 Å². The van der Waals surface area contributed by atoms with Gasteiger partial charge in [0.05, 0.1) is 5.69 Å². The number of rotatable bonds is 3. The first-order chi connectivity index (χ1) is 6.93. The lowest BCUT2D eigenvalue weighted by Crippen LogP contribution is -2.20. The molecular formula is C10H17N3OS. The lowest BCUT2D eigenvalue weighted by molar-refractivity contribution is 0.556. The number of hydrogen-bond acceptors (Lipinski definition) is 4. The van der Waals surface area contributed by atoms with Crippen molar-refractivity contribution >= 4 is 11.8 Å². The standard InChI is InChI=1S/C10H17N3OS/c1-10(2,3)7-6-8(14)13-9(12-7)15-5-4-11/h6H,4-5,11H2,1-3H3,(H,12,13,14).